The summed E-state index contributed by atoms with van der Waals surface area (Å²) in [5, 5.41) is 0. The van der Waals surface area contributed by atoms with E-state index in [-0.39, 0.29) is 6.61 Å². The van der Waals surface area contributed by atoms with Crippen molar-refractivity contribution in [3.63, 3.8) is 0 Å². The minimum absolute atomic E-state index is 0.0914. The molecule has 0 aromatic heterocycles. The Morgan fingerprint density at radius 3 is 0.795 bits per heavy atom. The molecule has 6 heteroatoms. The Hall–Kier alpha value is -0.170. The Morgan fingerprint density at radius 2 is 0.636 bits per heavy atom. The number of nitrogens with zero attached hydrogens (tertiary/aromatic N) is 1. The maximum Gasteiger partial charge on any atom is 0.217 e. The normalized spacial score (nSPS) is 12.0. The minimum atomic E-state index is -4.42. The molecule has 0 bridgehead atoms. The van der Waals surface area contributed by atoms with Gasteiger partial charge in [0.15, 0.2) is 0 Å². The molecule has 0 aromatic carbocycles. The van der Waals surface area contributed by atoms with Crippen LogP contribution in [0.5, 0.6) is 0 Å². The lowest BCUT2D eigenvalue weighted by Gasteiger charge is -2.37. The average molecular weight is 648 g/mol. The molecule has 0 aliphatic heterocycles. The highest BCUT2D eigenvalue weighted by atomic mass is 32.3. The lowest BCUT2D eigenvalue weighted by molar-refractivity contribution is -0.925. The molecular weight excluding hydrogens is 566 g/mol. The van der Waals surface area contributed by atoms with Gasteiger partial charge in [0, 0.05) is 0 Å². The topological polar surface area (TPSA) is 66.4 Å². The molecule has 268 valence electrons. The summed E-state index contributed by atoms with van der Waals surface area (Å²) in [6.07, 6.45) is 41.1. The molecule has 0 fully saturated rings. The van der Waals surface area contributed by atoms with Crippen molar-refractivity contribution in [1.82, 2.24) is 0 Å². The first-order valence-electron chi connectivity index (χ1n) is 19.8. The molecule has 0 saturated carbocycles. The highest BCUT2D eigenvalue weighted by molar-refractivity contribution is 7.80. The molecule has 0 rings (SSSR count). The highest BCUT2D eigenvalue weighted by Crippen LogP contribution is 2.17. The second-order valence-corrected chi connectivity index (χ2v) is 14.5. The van der Waals surface area contributed by atoms with Crippen LogP contribution in [-0.2, 0) is 14.6 Å². The van der Waals surface area contributed by atoms with E-state index in [4.69, 9.17) is 0 Å². The van der Waals surface area contributed by atoms with Gasteiger partial charge in [-0.05, 0) is 46.5 Å². The van der Waals surface area contributed by atoms with E-state index in [1.165, 1.54) is 217 Å². The van der Waals surface area contributed by atoms with Crippen LogP contribution >= 0.6 is 0 Å². The van der Waals surface area contributed by atoms with Gasteiger partial charge in [-0.25, -0.2) is 8.42 Å². The van der Waals surface area contributed by atoms with Crippen molar-refractivity contribution < 1.29 is 21.6 Å². The summed E-state index contributed by atoms with van der Waals surface area (Å²) >= 11 is 0. The van der Waals surface area contributed by atoms with Gasteiger partial charge in [0.05, 0.1) is 32.8 Å². The summed E-state index contributed by atoms with van der Waals surface area (Å²) in [6, 6.07) is 0. The van der Waals surface area contributed by atoms with Crippen LogP contribution in [0.3, 0.4) is 0 Å². The van der Waals surface area contributed by atoms with Crippen LogP contribution in [0.1, 0.15) is 214 Å². The molecule has 0 atom stereocenters. The Morgan fingerprint density at radius 1 is 0.409 bits per heavy atom. The van der Waals surface area contributed by atoms with E-state index >= 15 is 0 Å². The number of hydrogen-bond acceptors (Lipinski definition) is 4. The third-order valence-corrected chi connectivity index (χ3v) is 10.1. The first-order chi connectivity index (χ1) is 21.3. The molecule has 0 spiro atoms. The predicted molar refractivity (Wildman–Crippen MR) is 193 cm³/mol. The second kappa shape index (κ2) is 35.7. The van der Waals surface area contributed by atoms with E-state index in [0.717, 1.165) is 0 Å². The maximum absolute atomic E-state index is 9.45. The van der Waals surface area contributed by atoms with Crippen LogP contribution < -0.4 is 0 Å². The lowest BCUT2D eigenvalue weighted by Crippen LogP contribution is -2.49. The number of rotatable bonds is 34. The zero-order valence-corrected chi connectivity index (χ0v) is 31.6. The number of unbranched alkanes of at least 4 members (excludes halogenated alkanes) is 26. The van der Waals surface area contributed by atoms with Gasteiger partial charge in [-0.3, -0.25) is 4.18 Å². The Bertz CT molecular complexity index is 603. The fourth-order valence-electron chi connectivity index (χ4n) is 6.40. The van der Waals surface area contributed by atoms with Crippen LogP contribution in [0.15, 0.2) is 0 Å². The lowest BCUT2D eigenvalue weighted by atomic mass is 10.0. The monoisotopic (exact) mass is 648 g/mol. The van der Waals surface area contributed by atoms with Crippen LogP contribution in [-0.4, -0.2) is 50.2 Å². The molecule has 0 aliphatic carbocycles. The smallest absolute Gasteiger partial charge is 0.217 e. The predicted octanol–water partition coefficient (Wildman–Crippen LogP) is 12.3. The zero-order chi connectivity index (χ0) is 33.0. The van der Waals surface area contributed by atoms with Crippen molar-refractivity contribution in [2.24, 2.45) is 0 Å². The molecule has 5 nitrogen and oxygen atoms in total. The fourth-order valence-corrected chi connectivity index (χ4v) is 6.68. The Kier molecular flexibility index (Phi) is 37.3. The first kappa shape index (κ1) is 46.0. The van der Waals surface area contributed by atoms with Crippen molar-refractivity contribution in [1.29, 1.82) is 0 Å². The maximum atomic E-state index is 9.45. The molecule has 0 amide bonds. The van der Waals surface area contributed by atoms with Crippen molar-refractivity contribution in [2.75, 3.05) is 32.8 Å². The molecule has 0 radical (unpaired) electrons. The molecule has 0 N–H and O–H groups in total. The van der Waals surface area contributed by atoms with Crippen molar-refractivity contribution in [2.45, 2.75) is 214 Å². The van der Waals surface area contributed by atoms with Gasteiger partial charge in [-0.15, -0.1) is 0 Å². The molecule has 0 aliphatic rings. The highest BCUT2D eigenvalue weighted by Gasteiger charge is 2.21. The molecule has 44 heavy (non-hydrogen) atoms. The third kappa shape index (κ3) is 36.3. The van der Waals surface area contributed by atoms with E-state index in [9.17, 15) is 13.0 Å². The standard InChI is InChI=1S/C36H76N.C2H6O4S/c1-5-9-11-13-15-17-19-21-23-25-27-29-31-33-35-37(7-3,8-4)36-34-32-30-28-26-24-22-20-18-16-14-12-10-6-2;1-2-6-7(3,4)5/h5-36H2,1-4H3;2H2,1H3,(H,3,4,5)/q+1;/p-1. The number of quaternary nitrogens is 1. The van der Waals surface area contributed by atoms with Crippen LogP contribution in [0.2, 0.25) is 0 Å². The van der Waals surface area contributed by atoms with E-state index in [2.05, 4.69) is 31.9 Å². The molecular formula is C38H81NO4S. The quantitative estimate of drug-likeness (QED) is 0.0302. The summed E-state index contributed by atoms with van der Waals surface area (Å²) in [4.78, 5) is 0. The van der Waals surface area contributed by atoms with Gasteiger partial charge in [-0.1, -0.05) is 168 Å². The van der Waals surface area contributed by atoms with Gasteiger partial charge in [-0.2, -0.15) is 0 Å². The van der Waals surface area contributed by atoms with Crippen molar-refractivity contribution >= 4 is 10.4 Å². The summed E-state index contributed by atoms with van der Waals surface area (Å²) in [7, 11) is -4.42. The molecule has 0 aromatic rings. The van der Waals surface area contributed by atoms with Gasteiger partial charge >= 0.3 is 0 Å². The summed E-state index contributed by atoms with van der Waals surface area (Å²) < 4.78 is 33.4. The van der Waals surface area contributed by atoms with Gasteiger partial charge in [0.1, 0.15) is 0 Å². The van der Waals surface area contributed by atoms with Gasteiger partial charge < -0.3 is 9.04 Å². The van der Waals surface area contributed by atoms with Crippen molar-refractivity contribution in [3.8, 4) is 0 Å². The van der Waals surface area contributed by atoms with Gasteiger partial charge in [0.2, 0.25) is 10.4 Å². The zero-order valence-electron chi connectivity index (χ0n) is 30.8. The van der Waals surface area contributed by atoms with E-state index in [0.29, 0.717) is 0 Å². The Balaban J connectivity index is 0. The van der Waals surface area contributed by atoms with E-state index in [1.807, 2.05) is 0 Å². The first-order valence-corrected chi connectivity index (χ1v) is 21.1. The summed E-state index contributed by atoms with van der Waals surface area (Å²) in [5.41, 5.74) is 0. The van der Waals surface area contributed by atoms with Gasteiger partial charge in [0.25, 0.3) is 0 Å². The van der Waals surface area contributed by atoms with E-state index < -0.39 is 10.4 Å². The number of hydrogen-bond donors (Lipinski definition) is 0. The fraction of sp³-hybridized carbons (Fsp3) is 1.00. The second-order valence-electron chi connectivity index (χ2n) is 13.4. The average Bonchev–Trinajstić information content (AvgIpc) is 3.00. The largest absolute Gasteiger partial charge is 0.726 e. The van der Waals surface area contributed by atoms with E-state index in [1.54, 1.807) is 0 Å². The molecule has 0 unspecified atom stereocenters. The Labute approximate surface area is 278 Å². The van der Waals surface area contributed by atoms with Crippen LogP contribution in [0.4, 0.5) is 0 Å². The van der Waals surface area contributed by atoms with Crippen LogP contribution in [0, 0.1) is 0 Å². The minimum Gasteiger partial charge on any atom is -0.726 e. The third-order valence-electron chi connectivity index (χ3n) is 9.58. The summed E-state index contributed by atoms with van der Waals surface area (Å²) in [6.45, 7) is 16.4. The SMILES string of the molecule is CCCCCCCCCCCCCCCC[N+](CC)(CC)CCCCCCCCCCCCCCCC.CCOS(=O)(=O)[O-]. The van der Waals surface area contributed by atoms with Crippen molar-refractivity contribution in [3.05, 3.63) is 0 Å². The molecule has 0 heterocycles. The van der Waals surface area contributed by atoms with Crippen LogP contribution in [0.25, 0.3) is 0 Å². The molecule has 0 saturated heterocycles. The summed E-state index contributed by atoms with van der Waals surface area (Å²) in [5.74, 6) is 0.